The molecule has 0 aliphatic rings. The highest BCUT2D eigenvalue weighted by molar-refractivity contribution is 6.31. The second-order valence-corrected chi connectivity index (χ2v) is 4.97. The van der Waals surface area contributed by atoms with Crippen molar-refractivity contribution in [3.63, 3.8) is 0 Å². The first-order valence-electron chi connectivity index (χ1n) is 5.62. The van der Waals surface area contributed by atoms with E-state index in [0.717, 1.165) is 16.5 Å². The second kappa shape index (κ2) is 4.68. The van der Waals surface area contributed by atoms with Crippen LogP contribution in [0.4, 0.5) is 5.82 Å². The Labute approximate surface area is 120 Å². The lowest BCUT2D eigenvalue weighted by Crippen LogP contribution is -1.97. The van der Waals surface area contributed by atoms with E-state index < -0.39 is 0 Å². The van der Waals surface area contributed by atoms with E-state index >= 15 is 0 Å². The first-order valence-corrected chi connectivity index (χ1v) is 6.38. The Bertz CT molecular complexity index is 754. The minimum Gasteiger partial charge on any atom is -0.383 e. The van der Waals surface area contributed by atoms with E-state index in [0.29, 0.717) is 21.7 Å². The van der Waals surface area contributed by atoms with Gasteiger partial charge in [0, 0.05) is 21.0 Å². The highest BCUT2D eigenvalue weighted by Gasteiger charge is 2.07. The molecular weight excluding hydrogens is 281 g/mol. The Morgan fingerprint density at radius 3 is 2.26 bits per heavy atom. The lowest BCUT2D eigenvalue weighted by atomic mass is 10.2. The van der Waals surface area contributed by atoms with Crippen molar-refractivity contribution in [1.82, 2.24) is 9.97 Å². The summed E-state index contributed by atoms with van der Waals surface area (Å²) in [4.78, 5) is 8.79. The molecule has 1 heterocycles. The Morgan fingerprint density at radius 1 is 0.842 bits per heavy atom. The Morgan fingerprint density at radius 2 is 1.53 bits per heavy atom. The monoisotopic (exact) mass is 289 g/mol. The highest BCUT2D eigenvalue weighted by atomic mass is 35.5. The molecule has 0 bridgehead atoms. The third kappa shape index (κ3) is 2.35. The molecule has 5 heteroatoms. The first-order chi connectivity index (χ1) is 9.13. The van der Waals surface area contributed by atoms with Gasteiger partial charge in [0.15, 0.2) is 5.82 Å². The quantitative estimate of drug-likeness (QED) is 0.731. The van der Waals surface area contributed by atoms with Crippen LogP contribution < -0.4 is 5.73 Å². The number of aromatic nitrogens is 2. The molecule has 0 spiro atoms. The average Bonchev–Trinajstić information content (AvgIpc) is 2.38. The molecule has 0 saturated heterocycles. The lowest BCUT2D eigenvalue weighted by Gasteiger charge is -2.06. The van der Waals surface area contributed by atoms with Gasteiger partial charge in [-0.25, -0.2) is 9.97 Å². The first kappa shape index (κ1) is 12.2. The number of benzene rings is 2. The molecule has 1 aromatic heterocycles. The van der Waals surface area contributed by atoms with Crippen LogP contribution in [-0.4, -0.2) is 9.97 Å². The molecule has 0 unspecified atom stereocenters. The third-order valence-electron chi connectivity index (χ3n) is 2.79. The summed E-state index contributed by atoms with van der Waals surface area (Å²) in [5, 5.41) is 2.08. The van der Waals surface area contributed by atoms with Crippen LogP contribution in [0.2, 0.25) is 10.0 Å². The molecule has 19 heavy (non-hydrogen) atoms. The molecule has 0 atom stereocenters. The molecule has 0 saturated carbocycles. The molecule has 0 amide bonds. The Hall–Kier alpha value is -1.84. The summed E-state index contributed by atoms with van der Waals surface area (Å²) in [6.07, 6.45) is 0. The van der Waals surface area contributed by atoms with E-state index in [2.05, 4.69) is 9.97 Å². The molecule has 3 nitrogen and oxygen atoms in total. The van der Waals surface area contributed by atoms with E-state index in [1.54, 1.807) is 24.3 Å². The third-order valence-corrected chi connectivity index (χ3v) is 3.28. The number of hydrogen-bond donors (Lipinski definition) is 1. The van der Waals surface area contributed by atoms with Gasteiger partial charge in [-0.3, -0.25) is 0 Å². The maximum atomic E-state index is 5.97. The van der Waals surface area contributed by atoms with Crippen molar-refractivity contribution >= 4 is 39.9 Å². The smallest absolute Gasteiger partial charge is 0.162 e. The maximum absolute atomic E-state index is 5.97. The average molecular weight is 290 g/mol. The molecule has 2 N–H and O–H groups in total. The van der Waals surface area contributed by atoms with Crippen LogP contribution in [0.3, 0.4) is 0 Å². The number of rotatable bonds is 1. The molecule has 2 aromatic carbocycles. The number of nitrogens with zero attached hydrogens (tertiary/aromatic N) is 2. The van der Waals surface area contributed by atoms with Crippen molar-refractivity contribution in [2.45, 2.75) is 0 Å². The standard InChI is InChI=1S/C14H9Cl2N3/c15-9-3-1-8(2-4-9)14-18-12-7-10(16)5-6-11(12)13(17)19-14/h1-7H,(H2,17,18,19). The minimum atomic E-state index is 0.437. The fourth-order valence-electron chi connectivity index (χ4n) is 1.86. The predicted molar refractivity (Wildman–Crippen MR) is 79.4 cm³/mol. The zero-order chi connectivity index (χ0) is 13.4. The van der Waals surface area contributed by atoms with Gasteiger partial charge >= 0.3 is 0 Å². The van der Waals surface area contributed by atoms with Gasteiger partial charge in [0.05, 0.1) is 5.52 Å². The van der Waals surface area contributed by atoms with Gasteiger partial charge < -0.3 is 5.73 Å². The van der Waals surface area contributed by atoms with Gasteiger partial charge in [-0.05, 0) is 42.5 Å². The second-order valence-electron chi connectivity index (χ2n) is 4.10. The molecule has 94 valence electrons. The van der Waals surface area contributed by atoms with Crippen molar-refractivity contribution in [2.24, 2.45) is 0 Å². The Kier molecular flexibility index (Phi) is 3.01. The molecule has 0 radical (unpaired) electrons. The molecule has 0 fully saturated rings. The van der Waals surface area contributed by atoms with Gasteiger partial charge in [-0.15, -0.1) is 0 Å². The summed E-state index contributed by atoms with van der Waals surface area (Å²) in [6.45, 7) is 0. The SMILES string of the molecule is Nc1nc(-c2ccc(Cl)cc2)nc2cc(Cl)ccc12. The summed E-state index contributed by atoms with van der Waals surface area (Å²) in [5.41, 5.74) is 7.54. The van der Waals surface area contributed by atoms with Crippen LogP contribution in [0, 0.1) is 0 Å². The molecule has 3 aromatic rings. The number of nitrogens with two attached hydrogens (primary N) is 1. The number of anilines is 1. The van der Waals surface area contributed by atoms with Gasteiger partial charge in [-0.1, -0.05) is 23.2 Å². The normalized spacial score (nSPS) is 10.8. The number of fused-ring (bicyclic) bond motifs is 1. The van der Waals surface area contributed by atoms with Gasteiger partial charge in [-0.2, -0.15) is 0 Å². The van der Waals surface area contributed by atoms with Crippen LogP contribution >= 0.6 is 23.2 Å². The van der Waals surface area contributed by atoms with Crippen molar-refractivity contribution in [3.8, 4) is 11.4 Å². The fraction of sp³-hybridized carbons (Fsp3) is 0. The summed E-state index contributed by atoms with van der Waals surface area (Å²) < 4.78 is 0. The highest BCUT2D eigenvalue weighted by Crippen LogP contribution is 2.25. The van der Waals surface area contributed by atoms with E-state index in [1.807, 2.05) is 18.2 Å². The van der Waals surface area contributed by atoms with Crippen LogP contribution in [-0.2, 0) is 0 Å². The van der Waals surface area contributed by atoms with E-state index in [1.165, 1.54) is 0 Å². The van der Waals surface area contributed by atoms with Gasteiger partial charge in [0.25, 0.3) is 0 Å². The number of nitrogen functional groups attached to an aromatic ring is 1. The Balaban J connectivity index is 2.22. The van der Waals surface area contributed by atoms with Crippen molar-refractivity contribution in [2.75, 3.05) is 5.73 Å². The molecular formula is C14H9Cl2N3. The van der Waals surface area contributed by atoms with E-state index in [4.69, 9.17) is 28.9 Å². The predicted octanol–water partition coefficient (Wildman–Crippen LogP) is 4.19. The van der Waals surface area contributed by atoms with Gasteiger partial charge in [0.2, 0.25) is 0 Å². The minimum absolute atomic E-state index is 0.437. The van der Waals surface area contributed by atoms with E-state index in [9.17, 15) is 0 Å². The number of halogens is 2. The molecule has 0 aliphatic carbocycles. The summed E-state index contributed by atoms with van der Waals surface area (Å²) in [5.74, 6) is 0.996. The lowest BCUT2D eigenvalue weighted by molar-refractivity contribution is 1.23. The molecule has 0 aliphatic heterocycles. The van der Waals surface area contributed by atoms with Crippen LogP contribution in [0.15, 0.2) is 42.5 Å². The topological polar surface area (TPSA) is 51.8 Å². The summed E-state index contributed by atoms with van der Waals surface area (Å²) in [6, 6.07) is 12.6. The van der Waals surface area contributed by atoms with Crippen molar-refractivity contribution in [3.05, 3.63) is 52.5 Å². The van der Waals surface area contributed by atoms with Crippen molar-refractivity contribution < 1.29 is 0 Å². The van der Waals surface area contributed by atoms with Crippen LogP contribution in [0.1, 0.15) is 0 Å². The van der Waals surface area contributed by atoms with Crippen molar-refractivity contribution in [1.29, 1.82) is 0 Å². The summed E-state index contributed by atoms with van der Waals surface area (Å²) in [7, 11) is 0. The largest absolute Gasteiger partial charge is 0.383 e. The van der Waals surface area contributed by atoms with Gasteiger partial charge in [0.1, 0.15) is 5.82 Å². The van der Waals surface area contributed by atoms with Crippen LogP contribution in [0.25, 0.3) is 22.3 Å². The number of hydrogen-bond acceptors (Lipinski definition) is 3. The van der Waals surface area contributed by atoms with Crippen LogP contribution in [0.5, 0.6) is 0 Å². The van der Waals surface area contributed by atoms with E-state index in [-0.39, 0.29) is 0 Å². The summed E-state index contributed by atoms with van der Waals surface area (Å²) >= 11 is 11.8. The fourth-order valence-corrected chi connectivity index (χ4v) is 2.15. The zero-order valence-electron chi connectivity index (χ0n) is 9.77. The molecule has 3 rings (SSSR count). The maximum Gasteiger partial charge on any atom is 0.162 e. The zero-order valence-corrected chi connectivity index (χ0v) is 11.3.